The number of hydrogen-bond donors (Lipinski definition) is 0. The zero-order valence-corrected chi connectivity index (χ0v) is 12.4. The monoisotopic (exact) mass is 252 g/mol. The summed E-state index contributed by atoms with van der Waals surface area (Å²) in [6, 6.07) is 0. The largest absolute Gasteiger partial charge is 0.460 e. The first-order chi connectivity index (χ1) is 8.31. The molecule has 0 atom stereocenters. The van der Waals surface area contributed by atoms with E-state index in [1.807, 2.05) is 26.8 Å². The van der Waals surface area contributed by atoms with Crippen LogP contribution in [0, 0.1) is 5.41 Å². The molecule has 0 aliphatic heterocycles. The summed E-state index contributed by atoms with van der Waals surface area (Å²) in [7, 11) is 0. The Morgan fingerprint density at radius 3 is 2.33 bits per heavy atom. The fourth-order valence-electron chi connectivity index (χ4n) is 2.54. The van der Waals surface area contributed by atoms with Crippen molar-refractivity contribution in [2.45, 2.75) is 78.2 Å². The SMILES string of the molecule is CC1(C/C=C/CC(=O)OC(C)(C)C)CCCCC1. The van der Waals surface area contributed by atoms with Gasteiger partial charge in [0, 0.05) is 0 Å². The highest BCUT2D eigenvalue weighted by Gasteiger charge is 2.25. The molecule has 0 saturated heterocycles. The van der Waals surface area contributed by atoms with Crippen LogP contribution >= 0.6 is 0 Å². The number of carbonyl (C=O) groups excluding carboxylic acids is 1. The lowest BCUT2D eigenvalue weighted by atomic mass is 9.73. The van der Waals surface area contributed by atoms with Crippen LogP contribution in [0.1, 0.15) is 72.6 Å². The number of ether oxygens (including phenoxy) is 1. The maximum Gasteiger partial charge on any atom is 0.310 e. The van der Waals surface area contributed by atoms with Gasteiger partial charge in [0.05, 0.1) is 6.42 Å². The van der Waals surface area contributed by atoms with Crippen LogP contribution in [0.2, 0.25) is 0 Å². The average Bonchev–Trinajstić information content (AvgIpc) is 2.23. The number of carbonyl (C=O) groups is 1. The lowest BCUT2D eigenvalue weighted by molar-refractivity contribution is -0.153. The predicted octanol–water partition coefficient (Wildman–Crippen LogP) is 4.63. The minimum absolute atomic E-state index is 0.132. The van der Waals surface area contributed by atoms with Gasteiger partial charge in [-0.05, 0) is 45.4 Å². The van der Waals surface area contributed by atoms with Gasteiger partial charge in [-0.25, -0.2) is 0 Å². The summed E-state index contributed by atoms with van der Waals surface area (Å²) in [5.74, 6) is -0.132. The molecule has 0 aromatic heterocycles. The van der Waals surface area contributed by atoms with Gasteiger partial charge in [0.25, 0.3) is 0 Å². The third-order valence-electron chi connectivity index (χ3n) is 3.54. The Bertz CT molecular complexity index is 291. The van der Waals surface area contributed by atoms with Crippen molar-refractivity contribution in [3.8, 4) is 0 Å². The molecule has 104 valence electrons. The van der Waals surface area contributed by atoms with Crippen molar-refractivity contribution in [3.05, 3.63) is 12.2 Å². The van der Waals surface area contributed by atoms with E-state index in [1.54, 1.807) is 0 Å². The van der Waals surface area contributed by atoms with Gasteiger partial charge in [-0.15, -0.1) is 0 Å². The van der Waals surface area contributed by atoms with Gasteiger partial charge in [0.2, 0.25) is 0 Å². The second kappa shape index (κ2) is 6.40. The number of allylic oxidation sites excluding steroid dienone is 1. The van der Waals surface area contributed by atoms with Crippen molar-refractivity contribution < 1.29 is 9.53 Å². The molecule has 0 N–H and O–H groups in total. The summed E-state index contributed by atoms with van der Waals surface area (Å²) in [6.07, 6.45) is 12.4. The Kier molecular flexibility index (Phi) is 5.43. The Morgan fingerprint density at radius 2 is 1.78 bits per heavy atom. The first-order valence-corrected chi connectivity index (χ1v) is 7.18. The van der Waals surface area contributed by atoms with Crippen molar-refractivity contribution in [2.24, 2.45) is 5.41 Å². The topological polar surface area (TPSA) is 26.3 Å². The molecule has 0 aromatic rings. The lowest BCUT2D eigenvalue weighted by Gasteiger charge is -2.32. The molecule has 0 bridgehead atoms. The second-order valence-electron chi connectivity index (χ2n) is 6.84. The summed E-state index contributed by atoms with van der Waals surface area (Å²) in [4.78, 5) is 11.5. The smallest absolute Gasteiger partial charge is 0.310 e. The maximum absolute atomic E-state index is 11.5. The minimum Gasteiger partial charge on any atom is -0.460 e. The van der Waals surface area contributed by atoms with Gasteiger partial charge in [0.15, 0.2) is 0 Å². The Hall–Kier alpha value is -0.790. The molecule has 0 unspecified atom stereocenters. The van der Waals surface area contributed by atoms with Crippen molar-refractivity contribution in [1.82, 2.24) is 0 Å². The highest BCUT2D eigenvalue weighted by molar-refractivity contribution is 5.71. The number of hydrogen-bond acceptors (Lipinski definition) is 2. The van der Waals surface area contributed by atoms with E-state index in [4.69, 9.17) is 4.74 Å². The molecule has 0 heterocycles. The van der Waals surface area contributed by atoms with E-state index in [2.05, 4.69) is 13.0 Å². The van der Waals surface area contributed by atoms with Crippen LogP contribution in [0.25, 0.3) is 0 Å². The van der Waals surface area contributed by atoms with E-state index in [9.17, 15) is 4.79 Å². The molecule has 0 aromatic carbocycles. The van der Waals surface area contributed by atoms with E-state index < -0.39 is 0 Å². The third kappa shape index (κ3) is 6.23. The highest BCUT2D eigenvalue weighted by atomic mass is 16.6. The van der Waals surface area contributed by atoms with Crippen LogP contribution in [0.15, 0.2) is 12.2 Å². The van der Waals surface area contributed by atoms with E-state index in [1.165, 1.54) is 32.1 Å². The first-order valence-electron chi connectivity index (χ1n) is 7.18. The van der Waals surface area contributed by atoms with Gasteiger partial charge in [-0.3, -0.25) is 4.79 Å². The van der Waals surface area contributed by atoms with Crippen molar-refractivity contribution in [1.29, 1.82) is 0 Å². The molecule has 0 radical (unpaired) electrons. The molecule has 1 aliphatic carbocycles. The van der Waals surface area contributed by atoms with Crippen molar-refractivity contribution in [3.63, 3.8) is 0 Å². The van der Waals surface area contributed by atoms with E-state index in [0.717, 1.165) is 6.42 Å². The number of rotatable bonds is 4. The Balaban J connectivity index is 2.26. The third-order valence-corrected chi connectivity index (χ3v) is 3.54. The van der Waals surface area contributed by atoms with Crippen molar-refractivity contribution >= 4 is 5.97 Å². The molecule has 2 heteroatoms. The van der Waals surface area contributed by atoms with Crippen LogP contribution in [0.3, 0.4) is 0 Å². The quantitative estimate of drug-likeness (QED) is 0.538. The Morgan fingerprint density at radius 1 is 1.17 bits per heavy atom. The zero-order valence-electron chi connectivity index (χ0n) is 12.4. The second-order valence-corrected chi connectivity index (χ2v) is 6.84. The van der Waals surface area contributed by atoms with E-state index in [-0.39, 0.29) is 11.6 Å². The number of esters is 1. The van der Waals surface area contributed by atoms with Crippen LogP contribution in [-0.2, 0) is 9.53 Å². The summed E-state index contributed by atoms with van der Waals surface area (Å²) >= 11 is 0. The van der Waals surface area contributed by atoms with E-state index >= 15 is 0 Å². The molecular weight excluding hydrogens is 224 g/mol. The first kappa shape index (κ1) is 15.3. The van der Waals surface area contributed by atoms with Gasteiger partial charge in [0.1, 0.15) is 5.60 Å². The fraction of sp³-hybridized carbons (Fsp3) is 0.812. The predicted molar refractivity (Wildman–Crippen MR) is 75.4 cm³/mol. The zero-order chi connectivity index (χ0) is 13.6. The summed E-state index contributed by atoms with van der Waals surface area (Å²) < 4.78 is 5.26. The minimum atomic E-state index is -0.375. The van der Waals surface area contributed by atoms with Crippen LogP contribution < -0.4 is 0 Å². The van der Waals surface area contributed by atoms with Gasteiger partial charge >= 0.3 is 5.97 Å². The molecule has 0 spiro atoms. The normalized spacial score (nSPS) is 20.0. The molecule has 0 amide bonds. The summed E-state index contributed by atoms with van der Waals surface area (Å²) in [5.41, 5.74) is 0.0863. The van der Waals surface area contributed by atoms with Gasteiger partial charge < -0.3 is 4.74 Å². The van der Waals surface area contributed by atoms with Crippen LogP contribution in [0.5, 0.6) is 0 Å². The molecule has 18 heavy (non-hydrogen) atoms. The molecule has 1 fully saturated rings. The Labute approximate surface area is 112 Å². The highest BCUT2D eigenvalue weighted by Crippen LogP contribution is 2.38. The fourth-order valence-corrected chi connectivity index (χ4v) is 2.54. The van der Waals surface area contributed by atoms with Crippen molar-refractivity contribution in [2.75, 3.05) is 0 Å². The van der Waals surface area contributed by atoms with E-state index in [0.29, 0.717) is 11.8 Å². The average molecular weight is 252 g/mol. The molecule has 1 aliphatic rings. The maximum atomic E-state index is 11.5. The molecule has 2 nitrogen and oxygen atoms in total. The summed E-state index contributed by atoms with van der Waals surface area (Å²) in [5, 5.41) is 0. The molecule has 1 saturated carbocycles. The summed E-state index contributed by atoms with van der Waals surface area (Å²) in [6.45, 7) is 8.07. The standard InChI is InChI=1S/C16H28O2/c1-15(2,3)18-14(17)10-6-9-13-16(4)11-7-5-8-12-16/h6,9H,5,7-8,10-13H2,1-4H3/b9-6+. The van der Waals surface area contributed by atoms with Crippen LogP contribution in [-0.4, -0.2) is 11.6 Å². The van der Waals surface area contributed by atoms with Gasteiger partial charge in [-0.1, -0.05) is 38.3 Å². The molecule has 1 rings (SSSR count). The van der Waals surface area contributed by atoms with Crippen LogP contribution in [0.4, 0.5) is 0 Å². The lowest BCUT2D eigenvalue weighted by Crippen LogP contribution is -2.23. The van der Waals surface area contributed by atoms with Gasteiger partial charge in [-0.2, -0.15) is 0 Å². The molecular formula is C16H28O2.